The molecule has 4 heteroatoms. The molecule has 0 spiro atoms. The highest BCUT2D eigenvalue weighted by atomic mass is 14.9. The largest absolute Gasteiger partial charge is 0.264 e. The second-order valence-electron chi connectivity index (χ2n) is 12.8. The summed E-state index contributed by atoms with van der Waals surface area (Å²) in [5.41, 5.74) is 13.9. The van der Waals surface area contributed by atoms with Crippen LogP contribution in [0.3, 0.4) is 0 Å². The van der Waals surface area contributed by atoms with Crippen molar-refractivity contribution < 1.29 is 0 Å². The second-order valence-corrected chi connectivity index (χ2v) is 12.8. The Morgan fingerprint density at radius 2 is 1.02 bits per heavy atom. The van der Waals surface area contributed by atoms with Crippen molar-refractivity contribution in [2.75, 3.05) is 0 Å². The number of pyridine rings is 1. The van der Waals surface area contributed by atoms with Gasteiger partial charge in [-0.05, 0) is 80.4 Å². The number of nitrogens with zero attached hydrogens (tertiary/aromatic N) is 4. The minimum Gasteiger partial charge on any atom is -0.264 e. The molecule has 8 aromatic rings. The molecule has 244 valence electrons. The van der Waals surface area contributed by atoms with Crippen molar-refractivity contribution in [3.63, 3.8) is 0 Å². The van der Waals surface area contributed by atoms with Gasteiger partial charge in [0.25, 0.3) is 0 Å². The van der Waals surface area contributed by atoms with Gasteiger partial charge in [-0.3, -0.25) is 4.98 Å². The number of aromatic nitrogens is 3. The maximum absolute atomic E-state index is 5.04. The van der Waals surface area contributed by atoms with E-state index in [1.165, 1.54) is 21.9 Å². The van der Waals surface area contributed by atoms with Crippen molar-refractivity contribution in [2.24, 2.45) is 4.99 Å². The Balaban J connectivity index is 1.12. The Hall–Kier alpha value is -7.00. The van der Waals surface area contributed by atoms with Crippen molar-refractivity contribution >= 4 is 22.2 Å². The fourth-order valence-corrected chi connectivity index (χ4v) is 6.92. The average Bonchev–Trinajstić information content (AvgIpc) is 3.24. The molecule has 0 bridgehead atoms. The molecule has 1 aliphatic rings. The number of allylic oxidation sites excluding steroid dienone is 2. The Bertz CT molecular complexity index is 2600. The van der Waals surface area contributed by atoms with Crippen LogP contribution in [0.4, 0.5) is 0 Å². The highest BCUT2D eigenvalue weighted by Crippen LogP contribution is 2.39. The fourth-order valence-electron chi connectivity index (χ4n) is 6.92. The van der Waals surface area contributed by atoms with Crippen LogP contribution < -0.4 is 0 Å². The maximum Gasteiger partial charge on any atom is 0.160 e. The van der Waals surface area contributed by atoms with Gasteiger partial charge in [-0.1, -0.05) is 133 Å². The summed E-state index contributed by atoms with van der Waals surface area (Å²) in [5, 5.41) is 2.39. The van der Waals surface area contributed by atoms with Crippen molar-refractivity contribution in [2.45, 2.75) is 6.42 Å². The van der Waals surface area contributed by atoms with Gasteiger partial charge in [0.15, 0.2) is 5.82 Å². The monoisotopic (exact) mass is 664 g/mol. The van der Waals surface area contributed by atoms with E-state index in [2.05, 4.69) is 137 Å². The van der Waals surface area contributed by atoms with E-state index in [0.29, 0.717) is 5.82 Å². The van der Waals surface area contributed by atoms with E-state index in [0.717, 1.165) is 67.9 Å². The van der Waals surface area contributed by atoms with Crippen molar-refractivity contribution in [1.82, 2.24) is 15.0 Å². The van der Waals surface area contributed by atoms with Gasteiger partial charge >= 0.3 is 0 Å². The summed E-state index contributed by atoms with van der Waals surface area (Å²) in [6.07, 6.45) is 8.42. The number of fused-ring (bicyclic) bond motifs is 1. The minimum absolute atomic E-state index is 0.710. The third kappa shape index (κ3) is 6.16. The zero-order valence-electron chi connectivity index (χ0n) is 28.3. The quantitative estimate of drug-likeness (QED) is 0.170. The summed E-state index contributed by atoms with van der Waals surface area (Å²) in [7, 11) is 0. The van der Waals surface area contributed by atoms with Crippen LogP contribution in [-0.4, -0.2) is 20.8 Å². The van der Waals surface area contributed by atoms with E-state index in [1.807, 2.05) is 61.1 Å². The molecule has 0 amide bonds. The lowest BCUT2D eigenvalue weighted by atomic mass is 9.88. The summed E-state index contributed by atoms with van der Waals surface area (Å²) < 4.78 is 0. The molecule has 1 aliphatic heterocycles. The van der Waals surface area contributed by atoms with E-state index >= 15 is 0 Å². The van der Waals surface area contributed by atoms with Crippen LogP contribution in [0.1, 0.15) is 12.0 Å². The minimum atomic E-state index is 0.710. The molecule has 0 N–H and O–H groups in total. The molecule has 0 saturated carbocycles. The Kier molecular flexibility index (Phi) is 8.18. The van der Waals surface area contributed by atoms with Crippen LogP contribution in [0.5, 0.6) is 0 Å². The van der Waals surface area contributed by atoms with E-state index in [9.17, 15) is 0 Å². The standard InChI is InChI=1S/C48H32N4/c1-3-11-34(12-4-1)46-30-47(52-48(51-46)36-13-5-2-6-14-36)35-21-19-33(20-22-35)42-23-24-43(45-18-8-7-17-44(42)45)41-28-39(37-15-9-25-49-31-37)27-40(29-41)38-16-10-26-50-32-38/h1-15,17-31H,16H2. The van der Waals surface area contributed by atoms with E-state index < -0.39 is 0 Å². The predicted molar refractivity (Wildman–Crippen MR) is 215 cm³/mol. The SMILES string of the molecule is C1=NC=CCC=1c1cc(-c2cccnc2)cc(-c2ccc(-c3ccc(-c4cc(-c5ccccc5)nc(-c5ccccc5)n4)cc3)c3ccccc23)c1. The first-order valence-corrected chi connectivity index (χ1v) is 17.4. The molecule has 6 aromatic carbocycles. The zero-order chi connectivity index (χ0) is 34.7. The number of rotatable bonds is 7. The van der Waals surface area contributed by atoms with Crippen LogP contribution >= 0.6 is 0 Å². The summed E-state index contributed by atoms with van der Waals surface area (Å²) >= 11 is 0. The van der Waals surface area contributed by atoms with Gasteiger partial charge in [-0.15, -0.1) is 0 Å². The highest BCUT2D eigenvalue weighted by molar-refractivity contribution is 6.06. The van der Waals surface area contributed by atoms with Gasteiger partial charge in [0.05, 0.1) is 11.4 Å². The van der Waals surface area contributed by atoms with E-state index in [4.69, 9.17) is 9.97 Å². The molecule has 0 atom stereocenters. The van der Waals surface area contributed by atoms with Crippen molar-refractivity contribution in [3.05, 3.63) is 188 Å². The predicted octanol–water partition coefficient (Wildman–Crippen LogP) is 12.0. The highest BCUT2D eigenvalue weighted by Gasteiger charge is 2.15. The van der Waals surface area contributed by atoms with Gasteiger partial charge in [0, 0.05) is 52.8 Å². The molecule has 4 nitrogen and oxygen atoms in total. The normalized spacial score (nSPS) is 12.2. The van der Waals surface area contributed by atoms with Gasteiger partial charge < -0.3 is 0 Å². The molecule has 0 aliphatic carbocycles. The third-order valence-electron chi connectivity index (χ3n) is 9.53. The van der Waals surface area contributed by atoms with Crippen LogP contribution in [0, 0.1) is 0 Å². The lowest BCUT2D eigenvalue weighted by Crippen LogP contribution is -1.96. The first kappa shape index (κ1) is 31.0. The molecule has 0 radical (unpaired) electrons. The Labute approximate surface area is 302 Å². The van der Waals surface area contributed by atoms with Crippen LogP contribution in [0.2, 0.25) is 0 Å². The van der Waals surface area contributed by atoms with Gasteiger partial charge in [-0.2, -0.15) is 0 Å². The first-order valence-electron chi connectivity index (χ1n) is 17.4. The summed E-state index contributed by atoms with van der Waals surface area (Å²) in [6.45, 7) is 0. The van der Waals surface area contributed by atoms with Crippen LogP contribution in [-0.2, 0) is 0 Å². The number of hydrogen-bond acceptors (Lipinski definition) is 4. The molecular weight excluding hydrogens is 633 g/mol. The zero-order valence-corrected chi connectivity index (χ0v) is 28.3. The molecule has 0 unspecified atom stereocenters. The summed E-state index contributed by atoms with van der Waals surface area (Å²) in [5.74, 6) is 3.94. The first-order chi connectivity index (χ1) is 25.8. The van der Waals surface area contributed by atoms with Gasteiger partial charge in [-0.25, -0.2) is 15.0 Å². The second kappa shape index (κ2) is 13.7. The molecule has 2 aromatic heterocycles. The van der Waals surface area contributed by atoms with E-state index in [-0.39, 0.29) is 0 Å². The molecule has 0 fully saturated rings. The molecule has 0 saturated heterocycles. The topological polar surface area (TPSA) is 51.0 Å². The molecule has 3 heterocycles. The molecule has 52 heavy (non-hydrogen) atoms. The number of hydrogen-bond donors (Lipinski definition) is 0. The van der Waals surface area contributed by atoms with E-state index in [1.54, 1.807) is 0 Å². The van der Waals surface area contributed by atoms with Crippen LogP contribution in [0.25, 0.3) is 83.6 Å². The lowest BCUT2D eigenvalue weighted by Gasteiger charge is -2.16. The lowest BCUT2D eigenvalue weighted by molar-refractivity contribution is 1.18. The summed E-state index contributed by atoms with van der Waals surface area (Å²) in [4.78, 5) is 18.7. The van der Waals surface area contributed by atoms with Crippen LogP contribution in [0.15, 0.2) is 187 Å². The molecule has 9 rings (SSSR count). The number of aliphatic imine (C=N–C) groups is 1. The Morgan fingerprint density at radius 1 is 0.442 bits per heavy atom. The van der Waals surface area contributed by atoms with Gasteiger partial charge in [0.1, 0.15) is 0 Å². The smallest absolute Gasteiger partial charge is 0.160 e. The fraction of sp³-hybridized carbons (Fsp3) is 0.0208. The third-order valence-corrected chi connectivity index (χ3v) is 9.53. The van der Waals surface area contributed by atoms with Crippen molar-refractivity contribution in [3.8, 4) is 67.3 Å². The summed E-state index contributed by atoms with van der Waals surface area (Å²) in [6, 6.07) is 55.3. The van der Waals surface area contributed by atoms with Gasteiger partial charge in [0.2, 0.25) is 0 Å². The van der Waals surface area contributed by atoms with Crippen molar-refractivity contribution in [1.29, 1.82) is 0 Å². The average molecular weight is 665 g/mol. The maximum atomic E-state index is 5.04. The Morgan fingerprint density at radius 3 is 1.67 bits per heavy atom. The molecular formula is C48H32N4. The number of benzene rings is 6.